The Morgan fingerprint density at radius 3 is 2.80 bits per heavy atom. The summed E-state index contributed by atoms with van der Waals surface area (Å²) in [5.74, 6) is -0.893. The number of rotatable bonds is 5. The van der Waals surface area contributed by atoms with Gasteiger partial charge >= 0.3 is 5.97 Å². The molecule has 0 heterocycles. The quantitative estimate of drug-likeness (QED) is 0.319. The molecule has 0 fully saturated rings. The first-order chi connectivity index (χ1) is 4.66. The van der Waals surface area contributed by atoms with Gasteiger partial charge in [-0.25, -0.2) is 9.78 Å². The van der Waals surface area contributed by atoms with Crippen molar-refractivity contribution in [3.8, 4) is 0 Å². The van der Waals surface area contributed by atoms with Crippen molar-refractivity contribution in [2.45, 2.75) is 19.1 Å². The lowest BCUT2D eigenvalue weighted by Gasteiger charge is -2.06. The van der Waals surface area contributed by atoms with Gasteiger partial charge in [-0.3, -0.25) is 4.79 Å². The van der Waals surface area contributed by atoms with Crippen LogP contribution < -0.4 is 5.73 Å². The van der Waals surface area contributed by atoms with Crippen LogP contribution in [-0.4, -0.2) is 24.4 Å². The maximum Gasteiger partial charge on any atom is 0.303 e. The molecule has 0 bridgehead atoms. The van der Waals surface area contributed by atoms with E-state index in [2.05, 4.69) is 9.78 Å². The second-order valence-electron chi connectivity index (χ2n) is 1.73. The number of carbonyl (C=O) groups is 1. The van der Waals surface area contributed by atoms with Crippen LogP contribution >= 0.6 is 0 Å². The van der Waals surface area contributed by atoms with Gasteiger partial charge in [-0.15, -0.1) is 0 Å². The predicted octanol–water partition coefficient (Wildman–Crippen LogP) is -0.286. The average molecular weight is 149 g/mol. The molecule has 1 atom stereocenters. The van der Waals surface area contributed by atoms with Crippen LogP contribution in [0, 0.1) is 0 Å². The summed E-state index contributed by atoms with van der Waals surface area (Å²) in [5.41, 5.74) is 5.22. The van der Waals surface area contributed by atoms with Crippen LogP contribution in [0.3, 0.4) is 0 Å². The van der Waals surface area contributed by atoms with E-state index in [1.54, 1.807) is 0 Å². The Balaban J connectivity index is 3.21. The van der Waals surface area contributed by atoms with E-state index < -0.39 is 12.2 Å². The van der Waals surface area contributed by atoms with E-state index >= 15 is 0 Å². The van der Waals surface area contributed by atoms with Crippen LogP contribution in [0.1, 0.15) is 12.8 Å². The molecule has 0 aromatic carbocycles. The van der Waals surface area contributed by atoms with Crippen molar-refractivity contribution < 1.29 is 19.7 Å². The van der Waals surface area contributed by atoms with Gasteiger partial charge in [0.1, 0.15) is 6.23 Å². The molecule has 3 N–H and O–H groups in total. The van der Waals surface area contributed by atoms with Crippen LogP contribution in [0.15, 0.2) is 0 Å². The predicted molar refractivity (Wildman–Crippen MR) is 32.9 cm³/mol. The van der Waals surface area contributed by atoms with Crippen molar-refractivity contribution in [2.24, 2.45) is 5.73 Å². The van der Waals surface area contributed by atoms with E-state index in [0.29, 0.717) is 0 Å². The Hall–Kier alpha value is -0.650. The van der Waals surface area contributed by atoms with Gasteiger partial charge in [0.15, 0.2) is 0 Å². The summed E-state index contributed by atoms with van der Waals surface area (Å²) in [6.07, 6.45) is -0.408. The van der Waals surface area contributed by atoms with E-state index in [0.717, 1.165) is 0 Å². The van der Waals surface area contributed by atoms with E-state index in [9.17, 15) is 4.79 Å². The molecule has 0 spiro atoms. The van der Waals surface area contributed by atoms with Crippen molar-refractivity contribution in [3.05, 3.63) is 0 Å². The van der Waals surface area contributed by atoms with E-state index in [-0.39, 0.29) is 12.8 Å². The van der Waals surface area contributed by atoms with E-state index in [1.807, 2.05) is 0 Å². The summed E-state index contributed by atoms with van der Waals surface area (Å²) in [6, 6.07) is 0. The minimum Gasteiger partial charge on any atom is -0.481 e. The van der Waals surface area contributed by atoms with Crippen LogP contribution in [0.2, 0.25) is 0 Å². The lowest BCUT2D eigenvalue weighted by Crippen LogP contribution is -2.24. The molecule has 0 radical (unpaired) electrons. The second-order valence-corrected chi connectivity index (χ2v) is 1.73. The summed E-state index contributed by atoms with van der Waals surface area (Å²) >= 11 is 0. The molecule has 0 aliphatic heterocycles. The molecule has 60 valence electrons. The first-order valence-corrected chi connectivity index (χ1v) is 2.83. The van der Waals surface area contributed by atoms with Gasteiger partial charge in [0.05, 0.1) is 7.11 Å². The van der Waals surface area contributed by atoms with Crippen molar-refractivity contribution in [3.63, 3.8) is 0 Å². The third kappa shape index (κ3) is 5.49. The molecule has 0 rings (SSSR count). The van der Waals surface area contributed by atoms with Gasteiger partial charge in [0.2, 0.25) is 0 Å². The number of aliphatic carboxylic acids is 1. The molecule has 0 aromatic rings. The van der Waals surface area contributed by atoms with Crippen molar-refractivity contribution in [2.75, 3.05) is 7.11 Å². The molecular weight excluding hydrogens is 138 g/mol. The van der Waals surface area contributed by atoms with Crippen LogP contribution in [0.4, 0.5) is 0 Å². The van der Waals surface area contributed by atoms with Gasteiger partial charge in [0, 0.05) is 12.8 Å². The summed E-state index contributed by atoms with van der Waals surface area (Å²) < 4.78 is 0. The van der Waals surface area contributed by atoms with Gasteiger partial charge < -0.3 is 10.8 Å². The molecule has 10 heavy (non-hydrogen) atoms. The van der Waals surface area contributed by atoms with E-state index in [1.165, 1.54) is 7.11 Å². The smallest absolute Gasteiger partial charge is 0.303 e. The monoisotopic (exact) mass is 149 g/mol. The Morgan fingerprint density at radius 1 is 1.80 bits per heavy atom. The Morgan fingerprint density at radius 2 is 2.40 bits per heavy atom. The summed E-state index contributed by atoms with van der Waals surface area (Å²) in [5, 5.41) is 8.18. The highest BCUT2D eigenvalue weighted by Crippen LogP contribution is 1.95. The van der Waals surface area contributed by atoms with Crippen LogP contribution in [0.5, 0.6) is 0 Å². The topological polar surface area (TPSA) is 81.8 Å². The third-order valence-corrected chi connectivity index (χ3v) is 0.863. The first-order valence-electron chi connectivity index (χ1n) is 2.83. The standard InChI is InChI=1S/C5H11NO4/c1-9-10-4(6)2-3-5(7)8/h4H,2-3,6H2,1H3,(H,7,8)/t4-/m1/s1. The van der Waals surface area contributed by atoms with Crippen molar-refractivity contribution in [1.29, 1.82) is 0 Å². The molecule has 5 nitrogen and oxygen atoms in total. The van der Waals surface area contributed by atoms with E-state index in [4.69, 9.17) is 10.8 Å². The fourth-order valence-electron chi connectivity index (χ4n) is 0.437. The largest absolute Gasteiger partial charge is 0.481 e. The van der Waals surface area contributed by atoms with Gasteiger partial charge in [0.25, 0.3) is 0 Å². The molecule has 0 saturated carbocycles. The molecule has 5 heteroatoms. The van der Waals surface area contributed by atoms with Gasteiger partial charge in [-0.05, 0) is 0 Å². The number of carboxylic acid groups (broad SMARTS) is 1. The third-order valence-electron chi connectivity index (χ3n) is 0.863. The SMILES string of the molecule is COO[C@@H](N)CCC(=O)O. The summed E-state index contributed by atoms with van der Waals surface area (Å²) in [7, 11) is 1.32. The average Bonchev–Trinajstić information content (AvgIpc) is 1.85. The highest BCUT2D eigenvalue weighted by atomic mass is 17.2. The highest BCUT2D eigenvalue weighted by molar-refractivity contribution is 5.66. The zero-order valence-electron chi connectivity index (χ0n) is 5.74. The number of carboxylic acids is 1. The number of hydrogen-bond donors (Lipinski definition) is 2. The lowest BCUT2D eigenvalue weighted by atomic mass is 10.3. The fraction of sp³-hybridized carbons (Fsp3) is 0.800. The molecule has 0 unspecified atom stereocenters. The summed E-state index contributed by atoms with van der Waals surface area (Å²) in [4.78, 5) is 18.6. The molecule has 0 aliphatic rings. The highest BCUT2D eigenvalue weighted by Gasteiger charge is 2.05. The molecule has 0 saturated heterocycles. The lowest BCUT2D eigenvalue weighted by molar-refractivity contribution is -0.304. The minimum absolute atomic E-state index is 0.00940. The maximum atomic E-state index is 9.96. The van der Waals surface area contributed by atoms with Gasteiger partial charge in [-0.1, -0.05) is 0 Å². The Bertz CT molecular complexity index is 106. The molecule has 0 amide bonds. The van der Waals surface area contributed by atoms with Crippen molar-refractivity contribution in [1.82, 2.24) is 0 Å². The van der Waals surface area contributed by atoms with Crippen LogP contribution in [0.25, 0.3) is 0 Å². The van der Waals surface area contributed by atoms with Crippen LogP contribution in [-0.2, 0) is 14.6 Å². The Labute approximate surface area is 58.7 Å². The summed E-state index contributed by atoms with van der Waals surface area (Å²) in [6.45, 7) is 0. The number of nitrogens with two attached hydrogens (primary N) is 1. The fourth-order valence-corrected chi connectivity index (χ4v) is 0.437. The minimum atomic E-state index is -0.893. The van der Waals surface area contributed by atoms with Crippen molar-refractivity contribution >= 4 is 5.97 Å². The van der Waals surface area contributed by atoms with Gasteiger partial charge in [-0.2, -0.15) is 0 Å². The second kappa shape index (κ2) is 5.16. The zero-order valence-corrected chi connectivity index (χ0v) is 5.74. The number of hydrogen-bond acceptors (Lipinski definition) is 4. The molecular formula is C5H11NO4. The first kappa shape index (κ1) is 9.35. The maximum absolute atomic E-state index is 9.96. The molecule has 0 aliphatic carbocycles. The normalized spacial score (nSPS) is 13.0. The Kier molecular flexibility index (Phi) is 4.82. The molecule has 0 aromatic heterocycles. The zero-order chi connectivity index (χ0) is 7.98.